The Morgan fingerprint density at radius 1 is 1.62 bits per heavy atom. The summed E-state index contributed by atoms with van der Waals surface area (Å²) in [6, 6.07) is 0.507. The SMILES string of the molecule is COC1CC(NCc2cnnn2C)C1(C)C. The summed E-state index contributed by atoms with van der Waals surface area (Å²) in [6.45, 7) is 5.29. The van der Waals surface area contributed by atoms with Crippen molar-refractivity contribution in [2.24, 2.45) is 12.5 Å². The van der Waals surface area contributed by atoms with E-state index < -0.39 is 0 Å². The predicted octanol–water partition coefficient (Wildman–Crippen LogP) is 0.718. The minimum atomic E-state index is 0.209. The van der Waals surface area contributed by atoms with Gasteiger partial charge >= 0.3 is 0 Å². The Hall–Kier alpha value is -0.940. The van der Waals surface area contributed by atoms with E-state index in [-0.39, 0.29) is 5.41 Å². The molecule has 5 heteroatoms. The van der Waals surface area contributed by atoms with Crippen LogP contribution in [0.4, 0.5) is 0 Å². The second-order valence-electron chi connectivity index (χ2n) is 5.06. The van der Waals surface area contributed by atoms with Gasteiger partial charge in [-0.2, -0.15) is 0 Å². The first-order valence-electron chi connectivity index (χ1n) is 5.65. The third kappa shape index (κ3) is 1.85. The molecule has 1 aliphatic rings. The standard InChI is InChI=1S/C11H20N4O/c1-11(2)9(5-10(11)16-4)12-6-8-7-13-14-15(8)3/h7,9-10,12H,5-6H2,1-4H3. The zero-order valence-electron chi connectivity index (χ0n) is 10.4. The Morgan fingerprint density at radius 2 is 2.38 bits per heavy atom. The number of nitrogens with one attached hydrogen (secondary N) is 1. The van der Waals surface area contributed by atoms with Crippen LogP contribution in [0.2, 0.25) is 0 Å². The number of hydrogen-bond donors (Lipinski definition) is 1. The largest absolute Gasteiger partial charge is 0.381 e. The van der Waals surface area contributed by atoms with E-state index in [0.29, 0.717) is 12.1 Å². The molecule has 1 fully saturated rings. The smallest absolute Gasteiger partial charge is 0.0738 e. The van der Waals surface area contributed by atoms with Crippen molar-refractivity contribution in [1.82, 2.24) is 20.3 Å². The van der Waals surface area contributed by atoms with Gasteiger partial charge in [0.1, 0.15) is 0 Å². The van der Waals surface area contributed by atoms with Crippen LogP contribution in [0.3, 0.4) is 0 Å². The Bertz CT molecular complexity index is 361. The molecule has 90 valence electrons. The van der Waals surface area contributed by atoms with E-state index in [1.165, 1.54) is 0 Å². The first-order valence-corrected chi connectivity index (χ1v) is 5.65. The van der Waals surface area contributed by atoms with Gasteiger partial charge in [-0.05, 0) is 6.42 Å². The van der Waals surface area contributed by atoms with Gasteiger partial charge in [0, 0.05) is 32.2 Å². The van der Waals surface area contributed by atoms with Gasteiger partial charge in [0.05, 0.1) is 18.0 Å². The molecule has 1 N–H and O–H groups in total. The number of ether oxygens (including phenoxy) is 1. The highest BCUT2D eigenvalue weighted by atomic mass is 16.5. The van der Waals surface area contributed by atoms with E-state index in [1.807, 2.05) is 7.05 Å². The van der Waals surface area contributed by atoms with Crippen molar-refractivity contribution >= 4 is 0 Å². The molecule has 2 rings (SSSR count). The van der Waals surface area contributed by atoms with Gasteiger partial charge in [0.25, 0.3) is 0 Å². The minimum absolute atomic E-state index is 0.209. The van der Waals surface area contributed by atoms with Crippen LogP contribution in [0.15, 0.2) is 6.20 Å². The van der Waals surface area contributed by atoms with Crippen LogP contribution < -0.4 is 5.32 Å². The molecule has 2 atom stereocenters. The molecule has 1 aromatic heterocycles. The van der Waals surface area contributed by atoms with Gasteiger partial charge in [-0.25, -0.2) is 0 Å². The minimum Gasteiger partial charge on any atom is -0.381 e. The quantitative estimate of drug-likeness (QED) is 0.818. The second kappa shape index (κ2) is 4.14. The first kappa shape index (κ1) is 11.5. The van der Waals surface area contributed by atoms with E-state index >= 15 is 0 Å². The van der Waals surface area contributed by atoms with Crippen LogP contribution >= 0.6 is 0 Å². The van der Waals surface area contributed by atoms with Gasteiger partial charge < -0.3 is 10.1 Å². The molecule has 0 aromatic carbocycles. The maximum Gasteiger partial charge on any atom is 0.0738 e. The zero-order chi connectivity index (χ0) is 11.8. The first-order chi connectivity index (χ1) is 7.55. The van der Waals surface area contributed by atoms with Crippen molar-refractivity contribution in [2.45, 2.75) is 39.0 Å². The number of aryl methyl sites for hydroxylation is 1. The van der Waals surface area contributed by atoms with E-state index in [4.69, 9.17) is 4.74 Å². The maximum absolute atomic E-state index is 5.42. The normalized spacial score (nSPS) is 27.8. The molecule has 0 aliphatic heterocycles. The summed E-state index contributed by atoms with van der Waals surface area (Å²) >= 11 is 0. The Labute approximate surface area is 96.2 Å². The van der Waals surface area contributed by atoms with Crippen molar-refractivity contribution in [1.29, 1.82) is 0 Å². The summed E-state index contributed by atoms with van der Waals surface area (Å²) < 4.78 is 7.22. The van der Waals surface area contributed by atoms with E-state index in [2.05, 4.69) is 29.5 Å². The van der Waals surface area contributed by atoms with Crippen LogP contribution in [0.1, 0.15) is 26.0 Å². The molecule has 5 nitrogen and oxygen atoms in total. The fourth-order valence-electron chi connectivity index (χ4n) is 2.33. The van der Waals surface area contributed by atoms with Gasteiger partial charge in [-0.15, -0.1) is 5.10 Å². The number of hydrogen-bond acceptors (Lipinski definition) is 4. The summed E-state index contributed by atoms with van der Waals surface area (Å²) in [7, 11) is 3.70. The third-order valence-corrected chi connectivity index (χ3v) is 3.80. The molecule has 0 saturated heterocycles. The van der Waals surface area contributed by atoms with Crippen LogP contribution in [-0.4, -0.2) is 34.2 Å². The lowest BCUT2D eigenvalue weighted by Crippen LogP contribution is -2.60. The van der Waals surface area contributed by atoms with Crippen LogP contribution in [0, 0.1) is 5.41 Å². The monoisotopic (exact) mass is 224 g/mol. The predicted molar refractivity (Wildman–Crippen MR) is 60.8 cm³/mol. The summed E-state index contributed by atoms with van der Waals surface area (Å²) in [4.78, 5) is 0. The molecule has 0 radical (unpaired) electrons. The molecule has 0 spiro atoms. The number of nitrogens with zero attached hydrogens (tertiary/aromatic N) is 3. The molecule has 1 heterocycles. The third-order valence-electron chi connectivity index (χ3n) is 3.80. The highest BCUT2D eigenvalue weighted by Crippen LogP contribution is 2.42. The highest BCUT2D eigenvalue weighted by Gasteiger charge is 2.48. The van der Waals surface area contributed by atoms with Crippen LogP contribution in [0.5, 0.6) is 0 Å². The molecular formula is C11H20N4O. The molecular weight excluding hydrogens is 204 g/mol. The van der Waals surface area contributed by atoms with Crippen molar-refractivity contribution in [3.63, 3.8) is 0 Å². The molecule has 0 bridgehead atoms. The summed E-state index contributed by atoms with van der Waals surface area (Å²) in [5.41, 5.74) is 1.32. The lowest BCUT2D eigenvalue weighted by Gasteiger charge is -2.51. The average Bonchev–Trinajstić information content (AvgIpc) is 2.63. The highest BCUT2D eigenvalue weighted by molar-refractivity contribution is 5.04. The molecule has 2 unspecified atom stereocenters. The Morgan fingerprint density at radius 3 is 2.88 bits per heavy atom. The van der Waals surface area contributed by atoms with E-state index in [9.17, 15) is 0 Å². The van der Waals surface area contributed by atoms with Crippen LogP contribution in [-0.2, 0) is 18.3 Å². The molecule has 1 saturated carbocycles. The second-order valence-corrected chi connectivity index (χ2v) is 5.06. The van der Waals surface area contributed by atoms with E-state index in [0.717, 1.165) is 18.7 Å². The molecule has 0 amide bonds. The topological polar surface area (TPSA) is 52.0 Å². The summed E-state index contributed by atoms with van der Waals surface area (Å²) in [5, 5.41) is 11.3. The fraction of sp³-hybridized carbons (Fsp3) is 0.818. The van der Waals surface area contributed by atoms with Crippen molar-refractivity contribution in [3.8, 4) is 0 Å². The summed E-state index contributed by atoms with van der Waals surface area (Å²) in [6.07, 6.45) is 3.25. The zero-order valence-corrected chi connectivity index (χ0v) is 10.4. The van der Waals surface area contributed by atoms with Crippen molar-refractivity contribution < 1.29 is 4.74 Å². The summed E-state index contributed by atoms with van der Waals surface area (Å²) in [5.74, 6) is 0. The number of aromatic nitrogens is 3. The van der Waals surface area contributed by atoms with Gasteiger partial charge in [-0.1, -0.05) is 19.1 Å². The van der Waals surface area contributed by atoms with Crippen molar-refractivity contribution in [3.05, 3.63) is 11.9 Å². The fourth-order valence-corrected chi connectivity index (χ4v) is 2.33. The number of methoxy groups -OCH3 is 1. The molecule has 1 aromatic rings. The van der Waals surface area contributed by atoms with Crippen LogP contribution in [0.25, 0.3) is 0 Å². The lowest BCUT2D eigenvalue weighted by molar-refractivity contribution is -0.0980. The van der Waals surface area contributed by atoms with Gasteiger partial charge in [0.15, 0.2) is 0 Å². The number of rotatable bonds is 4. The lowest BCUT2D eigenvalue weighted by atomic mass is 9.64. The molecule has 1 aliphatic carbocycles. The van der Waals surface area contributed by atoms with Crippen molar-refractivity contribution in [2.75, 3.05) is 7.11 Å². The maximum atomic E-state index is 5.42. The average molecular weight is 224 g/mol. The van der Waals surface area contributed by atoms with Gasteiger partial charge in [0.2, 0.25) is 0 Å². The molecule has 16 heavy (non-hydrogen) atoms. The van der Waals surface area contributed by atoms with Gasteiger partial charge in [-0.3, -0.25) is 4.68 Å². The Kier molecular flexibility index (Phi) is 2.99. The van der Waals surface area contributed by atoms with E-state index in [1.54, 1.807) is 18.0 Å². The Balaban J connectivity index is 1.87.